The molecule has 28 heavy (non-hydrogen) atoms. The van der Waals surface area contributed by atoms with Crippen LogP contribution < -0.4 is 5.32 Å². The molecule has 0 bridgehead atoms. The molecule has 0 atom stereocenters. The highest BCUT2D eigenvalue weighted by Crippen LogP contribution is 2.27. The second-order valence-corrected chi connectivity index (χ2v) is 7.53. The summed E-state index contributed by atoms with van der Waals surface area (Å²) < 4.78 is 0. The van der Waals surface area contributed by atoms with Gasteiger partial charge in [0, 0.05) is 46.9 Å². The van der Waals surface area contributed by atoms with Crippen LogP contribution in [0.25, 0.3) is 22.2 Å². The zero-order valence-corrected chi connectivity index (χ0v) is 16.0. The number of hydrogen-bond acceptors (Lipinski definition) is 3. The molecule has 0 spiro atoms. The SMILES string of the molecule is O=C(Nc1cccc(-c2cc3ccccc3[nH]2)c1)C1CCN(CCCO)CC1. The minimum absolute atomic E-state index is 0.0575. The number of fused-ring (bicyclic) bond motifs is 1. The number of nitrogens with one attached hydrogen (secondary N) is 2. The molecule has 0 aliphatic carbocycles. The number of anilines is 1. The number of aliphatic hydroxyl groups excluding tert-OH is 1. The molecule has 5 nitrogen and oxygen atoms in total. The van der Waals surface area contributed by atoms with Crippen molar-refractivity contribution >= 4 is 22.5 Å². The predicted octanol–water partition coefficient (Wildman–Crippen LogP) is 3.87. The second kappa shape index (κ2) is 8.59. The van der Waals surface area contributed by atoms with Crippen molar-refractivity contribution in [3.8, 4) is 11.3 Å². The van der Waals surface area contributed by atoms with E-state index in [1.165, 1.54) is 5.39 Å². The third kappa shape index (κ3) is 4.26. The number of H-pyrrole nitrogens is 1. The number of carbonyl (C=O) groups is 1. The summed E-state index contributed by atoms with van der Waals surface area (Å²) in [5.74, 6) is 0.165. The lowest BCUT2D eigenvalue weighted by Gasteiger charge is -2.31. The number of aliphatic hydroxyl groups is 1. The van der Waals surface area contributed by atoms with E-state index >= 15 is 0 Å². The molecule has 1 aliphatic rings. The van der Waals surface area contributed by atoms with Crippen molar-refractivity contribution in [2.45, 2.75) is 19.3 Å². The molecule has 5 heteroatoms. The first-order valence-electron chi connectivity index (χ1n) is 10.1. The summed E-state index contributed by atoms with van der Waals surface area (Å²) in [6.45, 7) is 2.99. The largest absolute Gasteiger partial charge is 0.396 e. The van der Waals surface area contributed by atoms with E-state index in [2.05, 4.69) is 39.5 Å². The molecular weight excluding hydrogens is 350 g/mol. The van der Waals surface area contributed by atoms with Crippen LogP contribution in [0.5, 0.6) is 0 Å². The van der Waals surface area contributed by atoms with Crippen LogP contribution in [-0.2, 0) is 4.79 Å². The minimum atomic E-state index is 0.0575. The fourth-order valence-corrected chi connectivity index (χ4v) is 3.95. The molecule has 3 aromatic rings. The molecule has 1 aliphatic heterocycles. The molecule has 1 amide bonds. The normalized spacial score (nSPS) is 15.8. The number of carbonyl (C=O) groups excluding carboxylic acids is 1. The second-order valence-electron chi connectivity index (χ2n) is 7.53. The Hall–Kier alpha value is -2.63. The Balaban J connectivity index is 1.40. The lowest BCUT2D eigenvalue weighted by Crippen LogP contribution is -2.38. The van der Waals surface area contributed by atoms with Crippen molar-refractivity contribution in [1.82, 2.24) is 9.88 Å². The van der Waals surface area contributed by atoms with Gasteiger partial charge in [0.15, 0.2) is 0 Å². The molecule has 1 saturated heterocycles. The fraction of sp³-hybridized carbons (Fsp3) is 0.348. The Bertz CT molecular complexity index is 909. The molecule has 146 valence electrons. The number of piperidine rings is 1. The van der Waals surface area contributed by atoms with Gasteiger partial charge in [-0.05, 0) is 56.6 Å². The summed E-state index contributed by atoms with van der Waals surface area (Å²) in [7, 11) is 0. The van der Waals surface area contributed by atoms with Crippen molar-refractivity contribution < 1.29 is 9.90 Å². The number of para-hydroxylation sites is 1. The molecule has 0 saturated carbocycles. The van der Waals surface area contributed by atoms with Crippen molar-refractivity contribution in [2.75, 3.05) is 31.6 Å². The average Bonchev–Trinajstić information content (AvgIpc) is 3.17. The van der Waals surface area contributed by atoms with Gasteiger partial charge in [-0.15, -0.1) is 0 Å². The zero-order valence-electron chi connectivity index (χ0n) is 16.0. The van der Waals surface area contributed by atoms with Gasteiger partial charge in [0.25, 0.3) is 0 Å². The Morgan fingerprint density at radius 1 is 1.11 bits per heavy atom. The van der Waals surface area contributed by atoms with Gasteiger partial charge in [-0.3, -0.25) is 4.79 Å². The first kappa shape index (κ1) is 18.7. The number of rotatable bonds is 6. The maximum Gasteiger partial charge on any atom is 0.227 e. The van der Waals surface area contributed by atoms with Crippen LogP contribution in [-0.4, -0.2) is 47.1 Å². The number of amides is 1. The van der Waals surface area contributed by atoms with Crippen LogP contribution in [0.3, 0.4) is 0 Å². The summed E-state index contributed by atoms with van der Waals surface area (Å²) in [5.41, 5.74) is 4.06. The number of aromatic nitrogens is 1. The number of benzene rings is 2. The number of aromatic amines is 1. The van der Waals surface area contributed by atoms with Gasteiger partial charge < -0.3 is 20.3 Å². The van der Waals surface area contributed by atoms with Crippen molar-refractivity contribution in [2.24, 2.45) is 5.92 Å². The van der Waals surface area contributed by atoms with Crippen LogP contribution in [0.2, 0.25) is 0 Å². The van der Waals surface area contributed by atoms with Gasteiger partial charge >= 0.3 is 0 Å². The summed E-state index contributed by atoms with van der Waals surface area (Å²) in [6, 6.07) is 18.4. The molecule has 0 unspecified atom stereocenters. The van der Waals surface area contributed by atoms with E-state index < -0.39 is 0 Å². The predicted molar refractivity (Wildman–Crippen MR) is 113 cm³/mol. The highest BCUT2D eigenvalue weighted by Gasteiger charge is 2.24. The summed E-state index contributed by atoms with van der Waals surface area (Å²) in [5, 5.41) is 13.2. The van der Waals surface area contributed by atoms with Crippen LogP contribution in [0, 0.1) is 5.92 Å². The van der Waals surface area contributed by atoms with Crippen LogP contribution in [0.4, 0.5) is 5.69 Å². The minimum Gasteiger partial charge on any atom is -0.396 e. The lowest BCUT2D eigenvalue weighted by molar-refractivity contribution is -0.121. The fourth-order valence-electron chi connectivity index (χ4n) is 3.95. The molecule has 4 rings (SSSR count). The van der Waals surface area contributed by atoms with Gasteiger partial charge in [0.1, 0.15) is 0 Å². The maximum atomic E-state index is 12.7. The molecule has 1 aromatic heterocycles. The van der Waals surface area contributed by atoms with Gasteiger partial charge in [0.2, 0.25) is 5.91 Å². The van der Waals surface area contributed by atoms with Crippen molar-refractivity contribution in [3.05, 3.63) is 54.6 Å². The molecule has 3 N–H and O–H groups in total. The van der Waals surface area contributed by atoms with E-state index in [-0.39, 0.29) is 18.4 Å². The monoisotopic (exact) mass is 377 g/mol. The van der Waals surface area contributed by atoms with E-state index in [4.69, 9.17) is 5.11 Å². The molecule has 2 aromatic carbocycles. The van der Waals surface area contributed by atoms with E-state index in [1.54, 1.807) is 0 Å². The highest BCUT2D eigenvalue weighted by molar-refractivity contribution is 5.93. The van der Waals surface area contributed by atoms with Crippen LogP contribution in [0.15, 0.2) is 54.6 Å². The van der Waals surface area contributed by atoms with Gasteiger partial charge in [-0.1, -0.05) is 30.3 Å². The van der Waals surface area contributed by atoms with Crippen LogP contribution in [0.1, 0.15) is 19.3 Å². The summed E-state index contributed by atoms with van der Waals surface area (Å²) >= 11 is 0. The van der Waals surface area contributed by atoms with E-state index in [0.717, 1.165) is 61.4 Å². The van der Waals surface area contributed by atoms with Crippen molar-refractivity contribution in [1.29, 1.82) is 0 Å². The van der Waals surface area contributed by atoms with Crippen LogP contribution >= 0.6 is 0 Å². The topological polar surface area (TPSA) is 68.4 Å². The third-order valence-corrected chi connectivity index (χ3v) is 5.56. The number of likely N-dealkylation sites (tertiary alicyclic amines) is 1. The number of nitrogens with zero attached hydrogens (tertiary/aromatic N) is 1. The summed E-state index contributed by atoms with van der Waals surface area (Å²) in [6.07, 6.45) is 2.55. The van der Waals surface area contributed by atoms with E-state index in [9.17, 15) is 4.79 Å². The quantitative estimate of drug-likeness (QED) is 0.611. The first-order chi connectivity index (χ1) is 13.7. The molecular formula is C23H27N3O2. The first-order valence-corrected chi connectivity index (χ1v) is 10.1. The molecule has 1 fully saturated rings. The molecule has 0 radical (unpaired) electrons. The summed E-state index contributed by atoms with van der Waals surface area (Å²) in [4.78, 5) is 18.5. The Kier molecular flexibility index (Phi) is 5.74. The van der Waals surface area contributed by atoms with Gasteiger partial charge in [-0.25, -0.2) is 0 Å². The Morgan fingerprint density at radius 3 is 2.71 bits per heavy atom. The Labute approximate surface area is 165 Å². The average molecular weight is 377 g/mol. The van der Waals surface area contributed by atoms with Crippen molar-refractivity contribution in [3.63, 3.8) is 0 Å². The highest BCUT2D eigenvalue weighted by atomic mass is 16.3. The maximum absolute atomic E-state index is 12.7. The smallest absolute Gasteiger partial charge is 0.227 e. The third-order valence-electron chi connectivity index (χ3n) is 5.56. The lowest BCUT2D eigenvalue weighted by atomic mass is 9.95. The van der Waals surface area contributed by atoms with Gasteiger partial charge in [-0.2, -0.15) is 0 Å². The van der Waals surface area contributed by atoms with Gasteiger partial charge in [0.05, 0.1) is 0 Å². The molecule has 2 heterocycles. The standard InChI is InChI=1S/C23H27N3O2/c27-14-4-11-26-12-9-17(10-13-26)23(28)24-20-7-3-6-18(15-20)22-16-19-5-1-2-8-21(19)25-22/h1-3,5-8,15-17,25,27H,4,9-14H2,(H,24,28). The van der Waals surface area contributed by atoms with E-state index in [1.807, 2.05) is 30.3 Å². The van der Waals surface area contributed by atoms with E-state index in [0.29, 0.717) is 0 Å². The number of hydrogen-bond donors (Lipinski definition) is 3. The zero-order chi connectivity index (χ0) is 19.3. The Morgan fingerprint density at radius 2 is 1.93 bits per heavy atom.